The molecule has 0 fully saturated rings. The molecule has 3 rings (SSSR count). The first kappa shape index (κ1) is 23.4. The van der Waals surface area contributed by atoms with Crippen LogP contribution in [0.1, 0.15) is 5.56 Å². The molecule has 0 spiro atoms. The molecule has 1 atom stereocenters. The highest BCUT2D eigenvalue weighted by molar-refractivity contribution is 7.99. The molecule has 2 N–H and O–H groups in total. The molecule has 166 valence electrons. The van der Waals surface area contributed by atoms with Gasteiger partial charge in [0.2, 0.25) is 0 Å². The van der Waals surface area contributed by atoms with E-state index >= 15 is 0 Å². The van der Waals surface area contributed by atoms with Crippen LogP contribution < -0.4 is 5.32 Å². The van der Waals surface area contributed by atoms with Crippen LogP contribution in [-0.2, 0) is 26.0 Å². The van der Waals surface area contributed by atoms with Crippen molar-refractivity contribution >= 4 is 33.7 Å². The maximum Gasteiger partial charge on any atom is 0.408 e. The number of nitrogens with one attached hydrogen (secondary N) is 1. The number of alkyl carbamates (subject to hydrolysis) is 1. The van der Waals surface area contributed by atoms with Crippen molar-refractivity contribution in [1.82, 2.24) is 5.32 Å². The highest BCUT2D eigenvalue weighted by Gasteiger charge is 2.28. The van der Waals surface area contributed by atoms with Crippen molar-refractivity contribution in [1.29, 1.82) is 0 Å². The molecule has 9 heteroatoms. The highest BCUT2D eigenvalue weighted by atomic mass is 32.2. The topological polar surface area (TPSA) is 110 Å². The molecule has 0 aliphatic rings. The van der Waals surface area contributed by atoms with Crippen LogP contribution in [0, 0.1) is 0 Å². The Morgan fingerprint density at radius 1 is 0.875 bits per heavy atom. The molecular weight excluding hydrogens is 450 g/mol. The Labute approximate surface area is 190 Å². The maximum absolute atomic E-state index is 12.7. The summed E-state index contributed by atoms with van der Waals surface area (Å²) in [6.45, 7) is -0.0632. The molecule has 32 heavy (non-hydrogen) atoms. The Morgan fingerprint density at radius 3 is 2.03 bits per heavy atom. The minimum Gasteiger partial charge on any atom is -0.480 e. The van der Waals surface area contributed by atoms with E-state index in [0.29, 0.717) is 0 Å². The molecule has 0 saturated heterocycles. The second-order valence-corrected chi connectivity index (χ2v) is 9.95. The van der Waals surface area contributed by atoms with E-state index in [4.69, 9.17) is 4.74 Å². The first-order chi connectivity index (χ1) is 15.3. The molecule has 1 unspecified atom stereocenters. The summed E-state index contributed by atoms with van der Waals surface area (Å²) in [5.41, 5.74) is 0.718. The average molecular weight is 472 g/mol. The van der Waals surface area contributed by atoms with Gasteiger partial charge in [-0.2, -0.15) is 0 Å². The number of carboxylic acids is 1. The van der Waals surface area contributed by atoms with Gasteiger partial charge < -0.3 is 15.2 Å². The molecule has 0 radical (unpaired) electrons. The van der Waals surface area contributed by atoms with Crippen molar-refractivity contribution in [3.05, 3.63) is 90.5 Å². The van der Waals surface area contributed by atoms with Crippen molar-refractivity contribution < 1.29 is 27.9 Å². The van der Waals surface area contributed by atoms with Gasteiger partial charge in [-0.05, 0) is 42.0 Å². The zero-order valence-corrected chi connectivity index (χ0v) is 18.5. The third-order valence-electron chi connectivity index (χ3n) is 4.35. The first-order valence-electron chi connectivity index (χ1n) is 9.59. The lowest BCUT2D eigenvalue weighted by molar-refractivity contribution is -0.138. The van der Waals surface area contributed by atoms with E-state index in [-0.39, 0.29) is 11.5 Å². The fourth-order valence-electron chi connectivity index (χ4n) is 2.74. The van der Waals surface area contributed by atoms with Crippen molar-refractivity contribution in [3.63, 3.8) is 0 Å². The van der Waals surface area contributed by atoms with Gasteiger partial charge in [0.1, 0.15) is 12.6 Å². The fourth-order valence-corrected chi connectivity index (χ4v) is 4.98. The Bertz CT molecular complexity index is 1150. The van der Waals surface area contributed by atoms with Gasteiger partial charge in [-0.25, -0.2) is 18.0 Å². The first-order valence-corrected chi connectivity index (χ1v) is 12.1. The minimum absolute atomic E-state index is 0.0272. The van der Waals surface area contributed by atoms with Gasteiger partial charge >= 0.3 is 12.1 Å². The zero-order valence-electron chi connectivity index (χ0n) is 16.9. The van der Waals surface area contributed by atoms with Crippen LogP contribution >= 0.6 is 11.8 Å². The van der Waals surface area contributed by atoms with Crippen molar-refractivity contribution in [2.75, 3.05) is 5.75 Å². The lowest BCUT2D eigenvalue weighted by Crippen LogP contribution is -2.45. The molecule has 7 nitrogen and oxygen atoms in total. The van der Waals surface area contributed by atoms with E-state index in [1.807, 2.05) is 36.4 Å². The number of carboxylic acid groups (broad SMARTS) is 1. The number of aliphatic carboxylic acids is 1. The van der Waals surface area contributed by atoms with Crippen molar-refractivity contribution in [2.24, 2.45) is 0 Å². The Balaban J connectivity index is 1.61. The van der Waals surface area contributed by atoms with Crippen LogP contribution in [0.3, 0.4) is 0 Å². The molecule has 3 aromatic carbocycles. The van der Waals surface area contributed by atoms with E-state index in [1.165, 1.54) is 23.9 Å². The molecule has 0 aliphatic heterocycles. The van der Waals surface area contributed by atoms with Crippen molar-refractivity contribution in [3.8, 4) is 0 Å². The number of benzene rings is 3. The Morgan fingerprint density at radius 2 is 1.44 bits per heavy atom. The molecule has 0 saturated carbocycles. The quantitative estimate of drug-likeness (QED) is 0.486. The summed E-state index contributed by atoms with van der Waals surface area (Å²) >= 11 is 1.48. The monoisotopic (exact) mass is 471 g/mol. The normalized spacial score (nSPS) is 12.0. The van der Waals surface area contributed by atoms with E-state index in [2.05, 4.69) is 5.32 Å². The second-order valence-electron chi connectivity index (χ2n) is 6.76. The summed E-state index contributed by atoms with van der Waals surface area (Å²) < 4.78 is 30.4. The SMILES string of the molecule is O=C(NC(CS(=O)(=O)c1ccc(Sc2ccccc2)cc1)C(=O)O)OCc1ccccc1. The van der Waals surface area contributed by atoms with Gasteiger partial charge in [0.15, 0.2) is 9.84 Å². The maximum atomic E-state index is 12.7. The van der Waals surface area contributed by atoms with Crippen LogP contribution in [0.15, 0.2) is 99.6 Å². The van der Waals surface area contributed by atoms with E-state index in [0.717, 1.165) is 15.4 Å². The summed E-state index contributed by atoms with van der Waals surface area (Å²) in [6.07, 6.45) is -1.01. The molecule has 0 aliphatic carbocycles. The Hall–Kier alpha value is -3.30. The minimum atomic E-state index is -3.97. The standard InChI is InChI=1S/C23H21NO6S2/c25-22(26)21(24-23(27)30-15-17-7-3-1-4-8-17)16-32(28,29)20-13-11-19(12-14-20)31-18-9-5-2-6-10-18/h1-14,21H,15-16H2,(H,24,27)(H,25,26). The van der Waals surface area contributed by atoms with Crippen LogP contribution in [0.2, 0.25) is 0 Å². The van der Waals surface area contributed by atoms with Crippen molar-refractivity contribution in [2.45, 2.75) is 27.3 Å². The lowest BCUT2D eigenvalue weighted by Gasteiger charge is -2.15. The predicted molar refractivity (Wildman–Crippen MR) is 120 cm³/mol. The van der Waals surface area contributed by atoms with Crippen LogP contribution in [0.5, 0.6) is 0 Å². The molecular formula is C23H21NO6S2. The lowest BCUT2D eigenvalue weighted by atomic mass is 10.2. The summed E-state index contributed by atoms with van der Waals surface area (Å²) in [5, 5.41) is 11.5. The van der Waals surface area contributed by atoms with E-state index < -0.39 is 33.7 Å². The van der Waals surface area contributed by atoms with Gasteiger partial charge in [-0.15, -0.1) is 0 Å². The molecule has 1 amide bonds. The van der Waals surface area contributed by atoms with Crippen LogP contribution in [0.4, 0.5) is 4.79 Å². The number of rotatable bonds is 9. The average Bonchev–Trinajstić information content (AvgIpc) is 2.79. The molecule has 0 aromatic heterocycles. The van der Waals surface area contributed by atoms with Gasteiger partial charge in [0.25, 0.3) is 0 Å². The summed E-state index contributed by atoms with van der Waals surface area (Å²) in [7, 11) is -3.97. The Kier molecular flexibility index (Phi) is 7.91. The number of hydrogen-bond acceptors (Lipinski definition) is 6. The highest BCUT2D eigenvalue weighted by Crippen LogP contribution is 2.28. The number of sulfone groups is 1. The van der Waals surface area contributed by atoms with Gasteiger partial charge in [0.05, 0.1) is 10.6 Å². The smallest absolute Gasteiger partial charge is 0.408 e. The van der Waals surface area contributed by atoms with Gasteiger partial charge in [0, 0.05) is 9.79 Å². The third kappa shape index (κ3) is 6.86. The van der Waals surface area contributed by atoms with Gasteiger partial charge in [-0.3, -0.25) is 0 Å². The molecule has 0 heterocycles. The number of ether oxygens (including phenoxy) is 1. The number of amides is 1. The summed E-state index contributed by atoms with van der Waals surface area (Å²) in [6, 6.07) is 22.9. The predicted octanol–water partition coefficient (Wildman–Crippen LogP) is 3.99. The van der Waals surface area contributed by atoms with E-state index in [9.17, 15) is 23.1 Å². The van der Waals surface area contributed by atoms with E-state index in [1.54, 1.807) is 36.4 Å². The third-order valence-corrected chi connectivity index (χ3v) is 7.13. The summed E-state index contributed by atoms with van der Waals surface area (Å²) in [5.74, 6) is -2.27. The molecule has 3 aromatic rings. The zero-order chi connectivity index (χ0) is 23.0. The number of carbonyl (C=O) groups is 2. The second kappa shape index (κ2) is 10.8. The number of hydrogen-bond donors (Lipinski definition) is 2. The van der Waals surface area contributed by atoms with Gasteiger partial charge in [-0.1, -0.05) is 60.3 Å². The van der Waals surface area contributed by atoms with Crippen LogP contribution in [0.25, 0.3) is 0 Å². The van der Waals surface area contributed by atoms with Crippen LogP contribution in [-0.4, -0.2) is 37.4 Å². The summed E-state index contributed by atoms with van der Waals surface area (Å²) in [4.78, 5) is 25.3. The molecule has 0 bridgehead atoms. The largest absolute Gasteiger partial charge is 0.480 e. The number of carbonyl (C=O) groups excluding carboxylic acids is 1. The fraction of sp³-hybridized carbons (Fsp3) is 0.130.